The van der Waals surface area contributed by atoms with Gasteiger partial charge in [-0.2, -0.15) is 0 Å². The highest BCUT2D eigenvalue weighted by molar-refractivity contribution is 7.95. The van der Waals surface area contributed by atoms with Crippen LogP contribution in [0.1, 0.15) is 20.3 Å². The van der Waals surface area contributed by atoms with Gasteiger partial charge in [-0.25, -0.2) is 8.42 Å². The Morgan fingerprint density at radius 2 is 1.81 bits per heavy atom. The molecule has 0 radical (unpaired) electrons. The fourth-order valence-corrected chi connectivity index (χ4v) is 4.96. The lowest BCUT2D eigenvalue weighted by molar-refractivity contribution is -0.118. The number of anilines is 2. The predicted octanol–water partition coefficient (Wildman–Crippen LogP) is 3.68. The van der Waals surface area contributed by atoms with Gasteiger partial charge in [-0.05, 0) is 68.8 Å². The van der Waals surface area contributed by atoms with Gasteiger partial charge in [-0.3, -0.25) is 9.10 Å². The van der Waals surface area contributed by atoms with E-state index in [1.54, 1.807) is 48.5 Å². The molecule has 0 unspecified atom stereocenters. The van der Waals surface area contributed by atoms with E-state index in [1.165, 1.54) is 11.2 Å². The number of ether oxygens (including phenoxy) is 1. The Morgan fingerprint density at radius 3 is 2.41 bits per heavy atom. The lowest BCUT2D eigenvalue weighted by atomic mass is 10.1. The maximum Gasteiger partial charge on any atom is 0.249 e. The molecule has 1 N–H and O–H groups in total. The van der Waals surface area contributed by atoms with Gasteiger partial charge in [-0.15, -0.1) is 0 Å². The summed E-state index contributed by atoms with van der Waals surface area (Å²) in [7, 11) is -3.88. The molecular formula is C19H21ClN2O4S. The third-order valence-electron chi connectivity index (χ3n) is 4.67. The van der Waals surface area contributed by atoms with Gasteiger partial charge < -0.3 is 10.1 Å². The van der Waals surface area contributed by atoms with Crippen molar-refractivity contribution in [1.82, 2.24) is 0 Å². The van der Waals surface area contributed by atoms with Crippen LogP contribution in [0.3, 0.4) is 0 Å². The van der Waals surface area contributed by atoms with E-state index >= 15 is 0 Å². The van der Waals surface area contributed by atoms with Crippen LogP contribution in [0.25, 0.3) is 0 Å². The molecule has 27 heavy (non-hydrogen) atoms. The lowest BCUT2D eigenvalue weighted by Crippen LogP contribution is -2.47. The van der Waals surface area contributed by atoms with Gasteiger partial charge in [0.05, 0.1) is 12.3 Å². The Kier molecular flexibility index (Phi) is 5.35. The zero-order valence-corrected chi connectivity index (χ0v) is 16.7. The van der Waals surface area contributed by atoms with Crippen molar-refractivity contribution in [1.29, 1.82) is 0 Å². The molecule has 2 aromatic rings. The average Bonchev–Trinajstić information content (AvgIpc) is 2.88. The summed E-state index contributed by atoms with van der Waals surface area (Å²) >= 11 is 5.88. The maximum absolute atomic E-state index is 13.1. The van der Waals surface area contributed by atoms with E-state index in [-0.39, 0.29) is 13.0 Å². The van der Waals surface area contributed by atoms with Crippen LogP contribution in [0.4, 0.5) is 11.4 Å². The Balaban J connectivity index is 1.80. The van der Waals surface area contributed by atoms with Crippen molar-refractivity contribution in [2.24, 2.45) is 0 Å². The Hall–Kier alpha value is -2.25. The lowest BCUT2D eigenvalue weighted by Gasteiger charge is -2.25. The minimum Gasteiger partial charge on any atom is -0.494 e. The number of carbonyl (C=O) groups is 1. The number of sulfonamides is 1. The second kappa shape index (κ2) is 7.40. The first-order chi connectivity index (χ1) is 12.8. The molecule has 1 saturated heterocycles. The number of halogens is 1. The van der Waals surface area contributed by atoms with Crippen LogP contribution in [0, 0.1) is 0 Å². The molecule has 0 spiro atoms. The van der Waals surface area contributed by atoms with E-state index in [0.717, 1.165) is 0 Å². The average molecular weight is 409 g/mol. The number of benzene rings is 2. The summed E-state index contributed by atoms with van der Waals surface area (Å²) in [5.41, 5.74) is 1.02. The second-order valence-electron chi connectivity index (χ2n) is 6.45. The van der Waals surface area contributed by atoms with Crippen LogP contribution in [-0.2, 0) is 14.8 Å². The number of nitrogens with zero attached hydrogens (tertiary/aromatic N) is 1. The molecule has 1 heterocycles. The highest BCUT2D eigenvalue weighted by atomic mass is 35.5. The van der Waals surface area contributed by atoms with Crippen LogP contribution in [-0.4, -0.2) is 32.2 Å². The summed E-state index contributed by atoms with van der Waals surface area (Å²) in [5, 5.41) is 3.23. The van der Waals surface area contributed by atoms with Crippen LogP contribution in [0.15, 0.2) is 48.5 Å². The quantitative estimate of drug-likeness (QED) is 0.818. The topological polar surface area (TPSA) is 75.7 Å². The molecule has 6 nitrogen and oxygen atoms in total. The first-order valence-corrected chi connectivity index (χ1v) is 10.4. The summed E-state index contributed by atoms with van der Waals surface area (Å²) in [4.78, 5) is 12.8. The molecule has 0 aliphatic carbocycles. The highest BCUT2D eigenvalue weighted by Gasteiger charge is 2.54. The minimum atomic E-state index is -3.88. The SMILES string of the molecule is CCOc1ccc(NC(=O)[C@@]2(C)CCN(c3ccc(Cl)cc3)S2(=O)=O)cc1. The second-order valence-corrected chi connectivity index (χ2v) is 9.17. The predicted molar refractivity (Wildman–Crippen MR) is 107 cm³/mol. The van der Waals surface area contributed by atoms with Crippen LogP contribution < -0.4 is 14.4 Å². The monoisotopic (exact) mass is 408 g/mol. The molecule has 1 aliphatic rings. The third-order valence-corrected chi connectivity index (χ3v) is 7.42. The molecule has 1 fully saturated rings. The summed E-state index contributed by atoms with van der Waals surface area (Å²) in [6.07, 6.45) is 0.195. The fraction of sp³-hybridized carbons (Fsp3) is 0.316. The molecule has 0 bridgehead atoms. The zero-order chi connectivity index (χ0) is 19.7. The molecule has 1 atom stereocenters. The number of nitrogens with one attached hydrogen (secondary N) is 1. The van der Waals surface area contributed by atoms with E-state index in [2.05, 4.69) is 5.32 Å². The summed E-state index contributed by atoms with van der Waals surface area (Å²) in [6, 6.07) is 13.3. The molecular weight excluding hydrogens is 388 g/mol. The molecule has 2 aromatic carbocycles. The van der Waals surface area contributed by atoms with Crippen molar-refractivity contribution in [3.63, 3.8) is 0 Å². The first kappa shape index (κ1) is 19.5. The maximum atomic E-state index is 13.1. The van der Waals surface area contributed by atoms with Crippen molar-refractivity contribution in [3.8, 4) is 5.75 Å². The van der Waals surface area contributed by atoms with Crippen molar-refractivity contribution in [3.05, 3.63) is 53.6 Å². The fourth-order valence-electron chi connectivity index (χ4n) is 2.98. The molecule has 0 aromatic heterocycles. The number of hydrogen-bond donors (Lipinski definition) is 1. The van der Waals surface area contributed by atoms with E-state index < -0.39 is 20.7 Å². The number of amides is 1. The van der Waals surface area contributed by atoms with Gasteiger partial charge in [0.15, 0.2) is 4.75 Å². The summed E-state index contributed by atoms with van der Waals surface area (Å²) in [6.45, 7) is 4.12. The number of rotatable bonds is 5. The van der Waals surface area contributed by atoms with Crippen molar-refractivity contribution < 1.29 is 17.9 Å². The third kappa shape index (κ3) is 3.61. The summed E-state index contributed by atoms with van der Waals surface area (Å²) in [5.74, 6) is 0.132. The van der Waals surface area contributed by atoms with Gasteiger partial charge in [0.1, 0.15) is 5.75 Å². The van der Waals surface area contributed by atoms with Gasteiger partial charge in [0.25, 0.3) is 0 Å². The number of carbonyl (C=O) groups excluding carboxylic acids is 1. The molecule has 1 amide bonds. The van der Waals surface area contributed by atoms with E-state index in [9.17, 15) is 13.2 Å². The van der Waals surface area contributed by atoms with Crippen LogP contribution in [0.5, 0.6) is 5.75 Å². The van der Waals surface area contributed by atoms with Gasteiger partial charge in [0, 0.05) is 17.3 Å². The zero-order valence-electron chi connectivity index (χ0n) is 15.1. The molecule has 3 rings (SSSR count). The van der Waals surface area contributed by atoms with E-state index in [4.69, 9.17) is 16.3 Å². The Bertz CT molecular complexity index is 929. The minimum absolute atomic E-state index is 0.195. The van der Waals surface area contributed by atoms with Crippen LogP contribution in [0.2, 0.25) is 5.02 Å². The Labute approximate surface area is 164 Å². The van der Waals surface area contributed by atoms with E-state index in [1.807, 2.05) is 6.92 Å². The molecule has 1 aliphatic heterocycles. The molecule has 8 heteroatoms. The first-order valence-electron chi connectivity index (χ1n) is 8.60. The highest BCUT2D eigenvalue weighted by Crippen LogP contribution is 2.37. The summed E-state index contributed by atoms with van der Waals surface area (Å²) < 4.78 is 31.2. The normalized spacial score (nSPS) is 21.1. The van der Waals surface area contributed by atoms with Gasteiger partial charge in [-0.1, -0.05) is 11.6 Å². The van der Waals surface area contributed by atoms with Gasteiger partial charge in [0.2, 0.25) is 15.9 Å². The molecule has 0 saturated carbocycles. The van der Waals surface area contributed by atoms with Crippen molar-refractivity contribution >= 4 is 38.9 Å². The largest absolute Gasteiger partial charge is 0.494 e. The Morgan fingerprint density at radius 1 is 1.19 bits per heavy atom. The van der Waals surface area contributed by atoms with E-state index in [0.29, 0.717) is 28.8 Å². The smallest absolute Gasteiger partial charge is 0.249 e. The molecule has 144 valence electrons. The number of hydrogen-bond acceptors (Lipinski definition) is 4. The van der Waals surface area contributed by atoms with Crippen molar-refractivity contribution in [2.45, 2.75) is 25.0 Å². The van der Waals surface area contributed by atoms with Crippen molar-refractivity contribution in [2.75, 3.05) is 22.8 Å². The van der Waals surface area contributed by atoms with Crippen LogP contribution >= 0.6 is 11.6 Å². The standard InChI is InChI=1S/C19H21ClN2O4S/c1-3-26-17-10-6-15(7-11-17)21-18(23)19(2)12-13-22(27(19,24)25)16-8-4-14(20)5-9-16/h4-11H,3,12-13H2,1-2H3,(H,21,23)/t19-/m1/s1. The van der Waals surface area contributed by atoms with Gasteiger partial charge >= 0.3 is 0 Å².